The van der Waals surface area contributed by atoms with Crippen LogP contribution in [0, 0.1) is 0 Å². The number of para-hydroxylation sites is 1. The van der Waals surface area contributed by atoms with Gasteiger partial charge in [-0.05, 0) is 32.0 Å². The summed E-state index contributed by atoms with van der Waals surface area (Å²) in [6.45, 7) is -1.38. The Kier molecular flexibility index (Phi) is 7.67. The number of alkyl halides is 2. The fraction of sp³-hybridized carbons (Fsp3) is 0.533. The molecule has 8 heteroatoms. The number of carbonyl (C=O) groups is 1. The van der Waals surface area contributed by atoms with Gasteiger partial charge in [-0.15, -0.1) is 12.4 Å². The molecule has 1 aliphatic heterocycles. The van der Waals surface area contributed by atoms with Gasteiger partial charge in [0, 0.05) is 19.2 Å². The Morgan fingerprint density at radius 2 is 2.00 bits per heavy atom. The number of methoxy groups -OCH3 is 1. The Labute approximate surface area is 140 Å². The smallest absolute Gasteiger partial charge is 0.387 e. The first-order valence-corrected chi connectivity index (χ1v) is 7.14. The molecule has 1 aromatic carbocycles. The van der Waals surface area contributed by atoms with E-state index < -0.39 is 12.2 Å². The number of hydrogen-bond acceptors (Lipinski definition) is 4. The standard InChI is InChI=1S/C15H20F2N2O3.ClH/c1-21-15(6-8-18-9-7-15)13(20)19-10-11-4-2-3-5-12(11)22-14(16)17;/h2-5,14,18H,6-10H2,1H3,(H,19,20);1H. The highest BCUT2D eigenvalue weighted by molar-refractivity contribution is 5.85. The first kappa shape index (κ1) is 19.6. The third kappa shape index (κ3) is 5.02. The van der Waals surface area contributed by atoms with Gasteiger partial charge in [-0.3, -0.25) is 4.79 Å². The van der Waals surface area contributed by atoms with Gasteiger partial charge in [-0.25, -0.2) is 0 Å². The molecule has 1 aromatic rings. The van der Waals surface area contributed by atoms with Gasteiger partial charge in [0.15, 0.2) is 0 Å². The molecule has 2 rings (SSSR count). The van der Waals surface area contributed by atoms with Crippen molar-refractivity contribution in [1.82, 2.24) is 10.6 Å². The topological polar surface area (TPSA) is 59.6 Å². The molecule has 1 fully saturated rings. The predicted molar refractivity (Wildman–Crippen MR) is 84.0 cm³/mol. The number of piperidine rings is 1. The van der Waals surface area contributed by atoms with E-state index >= 15 is 0 Å². The quantitative estimate of drug-likeness (QED) is 0.825. The van der Waals surface area contributed by atoms with E-state index in [0.29, 0.717) is 31.5 Å². The van der Waals surface area contributed by atoms with Crippen LogP contribution in [0.1, 0.15) is 18.4 Å². The lowest BCUT2D eigenvalue weighted by Crippen LogP contribution is -2.53. The van der Waals surface area contributed by atoms with Gasteiger partial charge >= 0.3 is 6.61 Å². The van der Waals surface area contributed by atoms with Crippen molar-refractivity contribution in [2.24, 2.45) is 0 Å². The molecule has 1 aliphatic rings. The molecule has 0 unspecified atom stereocenters. The van der Waals surface area contributed by atoms with E-state index in [9.17, 15) is 13.6 Å². The summed E-state index contributed by atoms with van der Waals surface area (Å²) in [5.41, 5.74) is -0.361. The lowest BCUT2D eigenvalue weighted by molar-refractivity contribution is -0.146. The van der Waals surface area contributed by atoms with Crippen molar-refractivity contribution in [3.8, 4) is 5.75 Å². The number of hydrogen-bond donors (Lipinski definition) is 2. The van der Waals surface area contributed by atoms with Crippen molar-refractivity contribution in [2.75, 3.05) is 20.2 Å². The van der Waals surface area contributed by atoms with Gasteiger partial charge in [0.25, 0.3) is 5.91 Å². The monoisotopic (exact) mass is 350 g/mol. The molecule has 0 bridgehead atoms. The molecule has 2 N–H and O–H groups in total. The Hall–Kier alpha value is -1.44. The predicted octanol–water partition coefficient (Wildman–Crippen LogP) is 2.09. The molecular weight excluding hydrogens is 330 g/mol. The van der Waals surface area contributed by atoms with Gasteiger partial charge in [-0.1, -0.05) is 18.2 Å². The highest BCUT2D eigenvalue weighted by Crippen LogP contribution is 2.24. The largest absolute Gasteiger partial charge is 0.434 e. The molecule has 130 valence electrons. The van der Waals surface area contributed by atoms with E-state index in [4.69, 9.17) is 4.74 Å². The minimum absolute atomic E-state index is 0. The molecule has 1 heterocycles. The second-order valence-corrected chi connectivity index (χ2v) is 5.12. The molecule has 5 nitrogen and oxygen atoms in total. The van der Waals surface area contributed by atoms with Crippen LogP contribution in [-0.2, 0) is 16.1 Å². The van der Waals surface area contributed by atoms with Crippen LogP contribution in [0.15, 0.2) is 24.3 Å². The van der Waals surface area contributed by atoms with E-state index in [0.717, 1.165) is 0 Å². The normalized spacial score (nSPS) is 16.5. The molecule has 1 amide bonds. The van der Waals surface area contributed by atoms with Crippen molar-refractivity contribution < 1.29 is 23.0 Å². The van der Waals surface area contributed by atoms with Gasteiger partial charge < -0.3 is 20.1 Å². The molecule has 0 saturated carbocycles. The zero-order valence-electron chi connectivity index (χ0n) is 12.8. The van der Waals surface area contributed by atoms with Gasteiger partial charge in [0.2, 0.25) is 0 Å². The first-order valence-electron chi connectivity index (χ1n) is 7.14. The van der Waals surface area contributed by atoms with Gasteiger partial charge in [0.05, 0.1) is 0 Å². The van der Waals surface area contributed by atoms with Crippen LogP contribution in [0.25, 0.3) is 0 Å². The maximum absolute atomic E-state index is 12.4. The number of amides is 1. The summed E-state index contributed by atoms with van der Waals surface area (Å²) < 4.78 is 34.6. The number of nitrogens with one attached hydrogen (secondary N) is 2. The number of halogens is 3. The second-order valence-electron chi connectivity index (χ2n) is 5.12. The summed E-state index contributed by atoms with van der Waals surface area (Å²) in [7, 11) is 1.51. The van der Waals surface area contributed by atoms with Gasteiger partial charge in [-0.2, -0.15) is 8.78 Å². The van der Waals surface area contributed by atoms with Gasteiger partial charge in [0.1, 0.15) is 11.4 Å². The molecule has 0 radical (unpaired) electrons. The number of rotatable bonds is 6. The summed E-state index contributed by atoms with van der Waals surface area (Å²) in [6, 6.07) is 6.40. The maximum Gasteiger partial charge on any atom is 0.387 e. The highest BCUT2D eigenvalue weighted by Gasteiger charge is 2.39. The Morgan fingerprint density at radius 3 is 2.61 bits per heavy atom. The highest BCUT2D eigenvalue weighted by atomic mass is 35.5. The van der Waals surface area contributed by atoms with Crippen LogP contribution in [0.2, 0.25) is 0 Å². The zero-order chi connectivity index (χ0) is 16.0. The molecule has 23 heavy (non-hydrogen) atoms. The Balaban J connectivity index is 0.00000264. The SMILES string of the molecule is COC1(C(=O)NCc2ccccc2OC(F)F)CCNCC1.Cl. The zero-order valence-corrected chi connectivity index (χ0v) is 13.6. The second kappa shape index (κ2) is 9.00. The maximum atomic E-state index is 12.4. The van der Waals surface area contributed by atoms with Crippen molar-refractivity contribution >= 4 is 18.3 Å². The van der Waals surface area contributed by atoms with Crippen LogP contribution >= 0.6 is 12.4 Å². The van der Waals surface area contributed by atoms with Crippen LogP contribution in [-0.4, -0.2) is 38.3 Å². The van der Waals surface area contributed by atoms with E-state index in [-0.39, 0.29) is 30.6 Å². The summed E-state index contributed by atoms with van der Waals surface area (Å²) in [5.74, 6) is -0.169. The van der Waals surface area contributed by atoms with Crippen LogP contribution in [0.4, 0.5) is 8.78 Å². The molecule has 0 aromatic heterocycles. The van der Waals surface area contributed by atoms with Crippen molar-refractivity contribution in [2.45, 2.75) is 31.6 Å². The first-order chi connectivity index (χ1) is 10.6. The lowest BCUT2D eigenvalue weighted by Gasteiger charge is -2.34. The van der Waals surface area contributed by atoms with Crippen molar-refractivity contribution in [3.63, 3.8) is 0 Å². The van der Waals surface area contributed by atoms with Crippen molar-refractivity contribution in [3.05, 3.63) is 29.8 Å². The summed E-state index contributed by atoms with van der Waals surface area (Å²) in [6.07, 6.45) is 1.15. The van der Waals surface area contributed by atoms with E-state index in [2.05, 4.69) is 15.4 Å². The molecule has 0 aliphatic carbocycles. The number of benzene rings is 1. The van der Waals surface area contributed by atoms with Crippen LogP contribution in [0.5, 0.6) is 5.75 Å². The molecule has 0 atom stereocenters. The summed E-state index contributed by atoms with van der Waals surface area (Å²) >= 11 is 0. The molecule has 0 spiro atoms. The van der Waals surface area contributed by atoms with E-state index in [1.165, 1.54) is 13.2 Å². The Morgan fingerprint density at radius 1 is 1.35 bits per heavy atom. The van der Waals surface area contributed by atoms with Crippen molar-refractivity contribution in [1.29, 1.82) is 0 Å². The molecular formula is C15H21ClF2N2O3. The van der Waals surface area contributed by atoms with Crippen LogP contribution in [0.3, 0.4) is 0 Å². The fourth-order valence-electron chi connectivity index (χ4n) is 2.55. The minimum Gasteiger partial charge on any atom is -0.434 e. The summed E-state index contributed by atoms with van der Waals surface area (Å²) in [5, 5.41) is 5.93. The minimum atomic E-state index is -2.90. The summed E-state index contributed by atoms with van der Waals surface area (Å²) in [4.78, 5) is 12.4. The molecule has 1 saturated heterocycles. The fourth-order valence-corrected chi connectivity index (χ4v) is 2.55. The van der Waals surface area contributed by atoms with E-state index in [1.54, 1.807) is 18.2 Å². The lowest BCUT2D eigenvalue weighted by atomic mass is 9.91. The van der Waals surface area contributed by atoms with E-state index in [1.807, 2.05) is 0 Å². The average Bonchev–Trinajstić information content (AvgIpc) is 2.54. The van der Waals surface area contributed by atoms with Crippen LogP contribution < -0.4 is 15.4 Å². The third-order valence-corrected chi connectivity index (χ3v) is 3.84. The average molecular weight is 351 g/mol. The third-order valence-electron chi connectivity index (χ3n) is 3.84. The number of ether oxygens (including phenoxy) is 2. The number of carbonyl (C=O) groups excluding carboxylic acids is 1. The Bertz CT molecular complexity index is 511.